The van der Waals surface area contributed by atoms with Gasteiger partial charge in [-0.3, -0.25) is 0 Å². The first kappa shape index (κ1) is 12.1. The molecule has 0 nitrogen and oxygen atoms in total. The van der Waals surface area contributed by atoms with Gasteiger partial charge in [-0.2, -0.15) is 0 Å². The van der Waals surface area contributed by atoms with Crippen molar-refractivity contribution in [2.24, 2.45) is 29.1 Å². The highest BCUT2D eigenvalue weighted by Gasteiger charge is 2.38. The average Bonchev–Trinajstić information content (AvgIpc) is 2.11. The van der Waals surface area contributed by atoms with Gasteiger partial charge in [0.15, 0.2) is 0 Å². The molecule has 0 N–H and O–H groups in total. The maximum absolute atomic E-state index is 2.46. The fourth-order valence-electron chi connectivity index (χ4n) is 3.20. The van der Waals surface area contributed by atoms with Gasteiger partial charge in [0.25, 0.3) is 0 Å². The third-order valence-electron chi connectivity index (χ3n) is 4.94. The third-order valence-corrected chi connectivity index (χ3v) is 4.94. The van der Waals surface area contributed by atoms with Crippen molar-refractivity contribution < 1.29 is 0 Å². The molecule has 1 aliphatic rings. The second-order valence-corrected chi connectivity index (χ2v) is 6.35. The largest absolute Gasteiger partial charge is 0.0649 e. The maximum Gasteiger partial charge on any atom is -0.0326 e. The Balaban J connectivity index is 2.70. The summed E-state index contributed by atoms with van der Waals surface area (Å²) >= 11 is 0. The molecule has 14 heavy (non-hydrogen) atoms. The molecule has 1 aliphatic carbocycles. The standard InChI is InChI=1S/C14H28/c1-7-14(5,6)13-9-11(3)10(2)8-12(13)4/h10-13H,7-9H2,1-6H3. The second-order valence-electron chi connectivity index (χ2n) is 6.35. The van der Waals surface area contributed by atoms with Gasteiger partial charge >= 0.3 is 0 Å². The molecule has 0 radical (unpaired) electrons. The Morgan fingerprint density at radius 3 is 1.93 bits per heavy atom. The van der Waals surface area contributed by atoms with Crippen LogP contribution in [0.4, 0.5) is 0 Å². The minimum absolute atomic E-state index is 0.549. The van der Waals surface area contributed by atoms with Crippen molar-refractivity contribution in [2.75, 3.05) is 0 Å². The molecule has 0 heteroatoms. The van der Waals surface area contributed by atoms with E-state index in [9.17, 15) is 0 Å². The molecule has 0 aromatic heterocycles. The van der Waals surface area contributed by atoms with E-state index < -0.39 is 0 Å². The van der Waals surface area contributed by atoms with Gasteiger partial charge in [0.05, 0.1) is 0 Å². The van der Waals surface area contributed by atoms with Gasteiger partial charge in [-0.25, -0.2) is 0 Å². The fraction of sp³-hybridized carbons (Fsp3) is 1.00. The molecule has 4 unspecified atom stereocenters. The van der Waals surface area contributed by atoms with E-state index in [2.05, 4.69) is 41.5 Å². The Hall–Kier alpha value is 0. The summed E-state index contributed by atoms with van der Waals surface area (Å²) in [6.45, 7) is 14.6. The van der Waals surface area contributed by atoms with Crippen LogP contribution in [0.3, 0.4) is 0 Å². The maximum atomic E-state index is 2.46. The summed E-state index contributed by atoms with van der Waals surface area (Å²) < 4.78 is 0. The molecular weight excluding hydrogens is 168 g/mol. The predicted molar refractivity (Wildman–Crippen MR) is 64.3 cm³/mol. The van der Waals surface area contributed by atoms with E-state index in [1.807, 2.05) is 0 Å². The Bertz CT molecular complexity index is 180. The zero-order chi connectivity index (χ0) is 10.9. The van der Waals surface area contributed by atoms with Crippen molar-refractivity contribution in [3.05, 3.63) is 0 Å². The lowest BCUT2D eigenvalue weighted by molar-refractivity contribution is 0.0466. The molecule has 1 saturated carbocycles. The first-order chi connectivity index (χ1) is 6.38. The van der Waals surface area contributed by atoms with E-state index in [0.29, 0.717) is 5.41 Å². The van der Waals surface area contributed by atoms with E-state index in [-0.39, 0.29) is 0 Å². The SMILES string of the molecule is CCC(C)(C)C1CC(C)C(C)CC1C. The first-order valence-corrected chi connectivity index (χ1v) is 6.38. The van der Waals surface area contributed by atoms with Crippen LogP contribution in [-0.4, -0.2) is 0 Å². The Kier molecular flexibility index (Phi) is 3.66. The Morgan fingerprint density at radius 1 is 0.929 bits per heavy atom. The normalized spacial score (nSPS) is 39.9. The molecule has 0 heterocycles. The Labute approximate surface area is 90.5 Å². The van der Waals surface area contributed by atoms with Crippen molar-refractivity contribution in [1.29, 1.82) is 0 Å². The zero-order valence-corrected chi connectivity index (χ0v) is 10.9. The van der Waals surface area contributed by atoms with E-state index in [4.69, 9.17) is 0 Å². The molecule has 0 bridgehead atoms. The highest BCUT2D eigenvalue weighted by molar-refractivity contribution is 4.88. The lowest BCUT2D eigenvalue weighted by Crippen LogP contribution is -2.36. The summed E-state index contributed by atoms with van der Waals surface area (Å²) in [6.07, 6.45) is 4.21. The minimum atomic E-state index is 0.549. The molecule has 1 fully saturated rings. The smallest absolute Gasteiger partial charge is 0.0326 e. The molecule has 84 valence electrons. The van der Waals surface area contributed by atoms with Gasteiger partial charge in [-0.15, -0.1) is 0 Å². The molecule has 0 aromatic rings. The molecule has 4 atom stereocenters. The van der Waals surface area contributed by atoms with Gasteiger partial charge in [0.1, 0.15) is 0 Å². The molecular formula is C14H28. The minimum Gasteiger partial charge on any atom is -0.0649 e. The molecule has 0 saturated heterocycles. The van der Waals surface area contributed by atoms with Crippen LogP contribution < -0.4 is 0 Å². The van der Waals surface area contributed by atoms with Crippen LogP contribution in [0, 0.1) is 29.1 Å². The van der Waals surface area contributed by atoms with Crippen molar-refractivity contribution in [3.63, 3.8) is 0 Å². The number of hydrogen-bond acceptors (Lipinski definition) is 0. The van der Waals surface area contributed by atoms with Crippen LogP contribution in [0.25, 0.3) is 0 Å². The van der Waals surface area contributed by atoms with Gasteiger partial charge in [0, 0.05) is 0 Å². The van der Waals surface area contributed by atoms with Gasteiger partial charge < -0.3 is 0 Å². The summed E-state index contributed by atoms with van der Waals surface area (Å²) in [5.41, 5.74) is 0.549. The highest BCUT2D eigenvalue weighted by Crippen LogP contribution is 2.47. The van der Waals surface area contributed by atoms with Crippen LogP contribution in [0.5, 0.6) is 0 Å². The third kappa shape index (κ3) is 2.32. The summed E-state index contributed by atoms with van der Waals surface area (Å²) in [4.78, 5) is 0. The van der Waals surface area contributed by atoms with Crippen LogP contribution >= 0.6 is 0 Å². The summed E-state index contributed by atoms with van der Waals surface area (Å²) in [6, 6.07) is 0. The van der Waals surface area contributed by atoms with Gasteiger partial charge in [-0.1, -0.05) is 48.0 Å². The fourth-order valence-corrected chi connectivity index (χ4v) is 3.20. The molecule has 0 aromatic carbocycles. The Morgan fingerprint density at radius 2 is 1.43 bits per heavy atom. The molecule has 0 amide bonds. The van der Waals surface area contributed by atoms with Crippen molar-refractivity contribution >= 4 is 0 Å². The van der Waals surface area contributed by atoms with E-state index in [0.717, 1.165) is 23.7 Å². The zero-order valence-electron chi connectivity index (χ0n) is 10.9. The van der Waals surface area contributed by atoms with Crippen LogP contribution in [0.1, 0.15) is 60.8 Å². The van der Waals surface area contributed by atoms with Crippen LogP contribution in [-0.2, 0) is 0 Å². The van der Waals surface area contributed by atoms with E-state index in [1.165, 1.54) is 19.3 Å². The molecule has 0 aliphatic heterocycles. The lowest BCUT2D eigenvalue weighted by atomic mass is 9.60. The number of rotatable bonds is 2. The summed E-state index contributed by atoms with van der Waals surface area (Å²) in [5, 5.41) is 0. The summed E-state index contributed by atoms with van der Waals surface area (Å²) in [5.74, 6) is 3.74. The van der Waals surface area contributed by atoms with Crippen molar-refractivity contribution in [1.82, 2.24) is 0 Å². The molecule has 0 spiro atoms. The quantitative estimate of drug-likeness (QED) is 0.598. The van der Waals surface area contributed by atoms with Crippen LogP contribution in [0.2, 0.25) is 0 Å². The predicted octanol–water partition coefficient (Wildman–Crippen LogP) is 4.74. The summed E-state index contributed by atoms with van der Waals surface area (Å²) in [7, 11) is 0. The van der Waals surface area contributed by atoms with Crippen LogP contribution in [0.15, 0.2) is 0 Å². The van der Waals surface area contributed by atoms with Crippen molar-refractivity contribution in [2.45, 2.75) is 60.8 Å². The second kappa shape index (κ2) is 4.24. The highest BCUT2D eigenvalue weighted by atomic mass is 14.4. The van der Waals surface area contributed by atoms with E-state index >= 15 is 0 Å². The molecule has 1 rings (SSSR count). The average molecular weight is 196 g/mol. The topological polar surface area (TPSA) is 0 Å². The lowest BCUT2D eigenvalue weighted by Gasteiger charge is -2.45. The van der Waals surface area contributed by atoms with Crippen molar-refractivity contribution in [3.8, 4) is 0 Å². The van der Waals surface area contributed by atoms with Gasteiger partial charge in [-0.05, 0) is 41.9 Å². The monoisotopic (exact) mass is 196 g/mol. The first-order valence-electron chi connectivity index (χ1n) is 6.38. The number of hydrogen-bond donors (Lipinski definition) is 0. The van der Waals surface area contributed by atoms with E-state index in [1.54, 1.807) is 0 Å². The van der Waals surface area contributed by atoms with Gasteiger partial charge in [0.2, 0.25) is 0 Å².